The fraction of sp³-hybridized carbons (Fsp3) is 0.864. The average Bonchev–Trinajstić information content (AvgIpc) is 2.90. The summed E-state index contributed by atoms with van der Waals surface area (Å²) in [5.74, 6) is 3.26. The molecule has 1 unspecified atom stereocenters. The number of aliphatic hydroxyl groups excluding tert-OH is 1. The van der Waals surface area contributed by atoms with Crippen molar-refractivity contribution >= 4 is 5.78 Å². The lowest BCUT2D eigenvalue weighted by molar-refractivity contribution is -0.114. The van der Waals surface area contributed by atoms with Gasteiger partial charge in [-0.3, -0.25) is 4.79 Å². The largest absolute Gasteiger partial charge is 0.393 e. The van der Waals surface area contributed by atoms with E-state index in [-0.39, 0.29) is 6.10 Å². The maximum Gasteiger partial charge on any atom is 0.155 e. The molecular weight excluding hydrogens is 296 g/mol. The van der Waals surface area contributed by atoms with E-state index < -0.39 is 0 Å². The van der Waals surface area contributed by atoms with Crippen molar-refractivity contribution in [3.05, 3.63) is 11.6 Å². The minimum absolute atomic E-state index is 0.160. The highest BCUT2D eigenvalue weighted by Crippen LogP contribution is 2.62. The first-order valence-electron chi connectivity index (χ1n) is 10.4. The Kier molecular flexibility index (Phi) is 5.54. The van der Waals surface area contributed by atoms with Crippen LogP contribution in [0.25, 0.3) is 0 Å². The van der Waals surface area contributed by atoms with Crippen LogP contribution in [-0.2, 0) is 4.79 Å². The van der Waals surface area contributed by atoms with Crippen LogP contribution < -0.4 is 0 Å². The first-order chi connectivity index (χ1) is 11.5. The van der Waals surface area contributed by atoms with Crippen molar-refractivity contribution in [1.29, 1.82) is 0 Å². The van der Waals surface area contributed by atoms with Gasteiger partial charge in [0.2, 0.25) is 0 Å². The van der Waals surface area contributed by atoms with Gasteiger partial charge in [-0.05, 0) is 93.5 Å². The maximum atomic E-state index is 12.1. The van der Waals surface area contributed by atoms with Crippen LogP contribution in [0.2, 0.25) is 0 Å². The number of hydrogen-bond donors (Lipinski definition) is 1. The summed E-state index contributed by atoms with van der Waals surface area (Å²) in [7, 11) is 0. The molecule has 3 rings (SSSR count). The Morgan fingerprint density at radius 2 is 2.12 bits per heavy atom. The van der Waals surface area contributed by atoms with E-state index in [0.29, 0.717) is 17.1 Å². The molecule has 0 spiro atoms. The third-order valence-corrected chi connectivity index (χ3v) is 7.71. The molecule has 24 heavy (non-hydrogen) atoms. The lowest BCUT2D eigenvalue weighted by Gasteiger charge is -2.51. The molecule has 0 aromatic rings. The van der Waals surface area contributed by atoms with Gasteiger partial charge in [-0.2, -0.15) is 0 Å². The Morgan fingerprint density at radius 3 is 2.83 bits per heavy atom. The SMILES string of the molecule is CCCCC(=O)/C=C1/CC[C@@H]2[C@H](CC[C@]3(C)[C@@H](C(C)O)CC[C@@H]23)C1. The van der Waals surface area contributed by atoms with Crippen molar-refractivity contribution in [2.75, 3.05) is 0 Å². The fourth-order valence-electron chi connectivity index (χ4n) is 6.46. The first kappa shape index (κ1) is 18.2. The molecule has 136 valence electrons. The summed E-state index contributed by atoms with van der Waals surface area (Å²) in [6.07, 6.45) is 13.3. The summed E-state index contributed by atoms with van der Waals surface area (Å²) in [5, 5.41) is 10.2. The van der Waals surface area contributed by atoms with E-state index in [1.165, 1.54) is 37.7 Å². The van der Waals surface area contributed by atoms with Crippen molar-refractivity contribution in [2.45, 2.75) is 91.1 Å². The summed E-state index contributed by atoms with van der Waals surface area (Å²) in [6, 6.07) is 0. The zero-order valence-corrected chi connectivity index (χ0v) is 15.9. The highest BCUT2D eigenvalue weighted by atomic mass is 16.3. The first-order valence-corrected chi connectivity index (χ1v) is 10.4. The van der Waals surface area contributed by atoms with E-state index in [4.69, 9.17) is 0 Å². The van der Waals surface area contributed by atoms with Crippen molar-refractivity contribution in [3.8, 4) is 0 Å². The third-order valence-electron chi connectivity index (χ3n) is 7.71. The summed E-state index contributed by atoms with van der Waals surface area (Å²) < 4.78 is 0. The van der Waals surface area contributed by atoms with Crippen LogP contribution >= 0.6 is 0 Å². The van der Waals surface area contributed by atoms with Crippen LogP contribution in [-0.4, -0.2) is 17.0 Å². The second-order valence-corrected chi connectivity index (χ2v) is 9.11. The lowest BCUT2D eigenvalue weighted by Crippen LogP contribution is -2.44. The number of rotatable bonds is 5. The maximum absolute atomic E-state index is 12.1. The zero-order chi connectivity index (χ0) is 17.3. The molecule has 6 atom stereocenters. The lowest BCUT2D eigenvalue weighted by atomic mass is 9.54. The second kappa shape index (κ2) is 7.32. The van der Waals surface area contributed by atoms with Gasteiger partial charge in [-0.25, -0.2) is 0 Å². The highest BCUT2D eigenvalue weighted by Gasteiger charge is 2.55. The number of allylic oxidation sites excluding steroid dienone is 2. The van der Waals surface area contributed by atoms with Gasteiger partial charge in [-0.15, -0.1) is 0 Å². The summed E-state index contributed by atoms with van der Waals surface area (Å²) in [6.45, 7) is 6.60. The Balaban J connectivity index is 1.66. The number of fused-ring (bicyclic) bond motifs is 3. The van der Waals surface area contributed by atoms with Crippen LogP contribution in [0.4, 0.5) is 0 Å². The van der Waals surface area contributed by atoms with Gasteiger partial charge in [0.15, 0.2) is 5.78 Å². The molecule has 2 heteroatoms. The predicted molar refractivity (Wildman–Crippen MR) is 98.7 cm³/mol. The van der Waals surface area contributed by atoms with Crippen molar-refractivity contribution in [2.24, 2.45) is 29.1 Å². The van der Waals surface area contributed by atoms with Gasteiger partial charge in [0.05, 0.1) is 6.10 Å². The summed E-state index contributed by atoms with van der Waals surface area (Å²) in [4.78, 5) is 12.1. The van der Waals surface area contributed by atoms with Crippen molar-refractivity contribution in [1.82, 2.24) is 0 Å². The van der Waals surface area contributed by atoms with E-state index in [0.717, 1.165) is 49.9 Å². The molecule has 0 aromatic carbocycles. The van der Waals surface area contributed by atoms with Gasteiger partial charge in [-0.1, -0.05) is 25.8 Å². The normalized spacial score (nSPS) is 41.8. The number of aliphatic hydroxyl groups is 1. The molecule has 3 fully saturated rings. The Labute approximate surface area is 148 Å². The van der Waals surface area contributed by atoms with Crippen LogP contribution in [0.1, 0.15) is 85.0 Å². The molecule has 3 saturated carbocycles. The Morgan fingerprint density at radius 1 is 1.33 bits per heavy atom. The quantitative estimate of drug-likeness (QED) is 0.694. The molecule has 0 radical (unpaired) electrons. The van der Waals surface area contributed by atoms with E-state index in [1.54, 1.807) is 0 Å². The molecule has 0 amide bonds. The van der Waals surface area contributed by atoms with Gasteiger partial charge in [0.25, 0.3) is 0 Å². The van der Waals surface area contributed by atoms with E-state index in [1.807, 2.05) is 13.0 Å². The van der Waals surface area contributed by atoms with Gasteiger partial charge in [0.1, 0.15) is 0 Å². The number of hydrogen-bond acceptors (Lipinski definition) is 2. The monoisotopic (exact) mass is 332 g/mol. The van der Waals surface area contributed by atoms with Crippen LogP contribution in [0, 0.1) is 29.1 Å². The number of unbranched alkanes of at least 4 members (excludes halogenated alkanes) is 1. The molecule has 1 N–H and O–H groups in total. The molecule has 0 saturated heterocycles. The molecule has 2 nitrogen and oxygen atoms in total. The Hall–Kier alpha value is -0.630. The average molecular weight is 333 g/mol. The van der Waals surface area contributed by atoms with Gasteiger partial charge < -0.3 is 5.11 Å². The van der Waals surface area contributed by atoms with E-state index in [2.05, 4.69) is 13.8 Å². The minimum Gasteiger partial charge on any atom is -0.393 e. The third kappa shape index (κ3) is 3.36. The number of carbonyl (C=O) groups excluding carboxylic acids is 1. The molecule has 0 aromatic heterocycles. The highest BCUT2D eigenvalue weighted by molar-refractivity contribution is 5.90. The summed E-state index contributed by atoms with van der Waals surface area (Å²) in [5.41, 5.74) is 1.78. The zero-order valence-electron chi connectivity index (χ0n) is 15.9. The van der Waals surface area contributed by atoms with Crippen LogP contribution in [0.3, 0.4) is 0 Å². The van der Waals surface area contributed by atoms with E-state index >= 15 is 0 Å². The second-order valence-electron chi connectivity index (χ2n) is 9.11. The number of carbonyl (C=O) groups is 1. The van der Waals surface area contributed by atoms with Crippen LogP contribution in [0.15, 0.2) is 11.6 Å². The molecule has 3 aliphatic carbocycles. The number of ketones is 1. The van der Waals surface area contributed by atoms with Crippen molar-refractivity contribution in [3.63, 3.8) is 0 Å². The smallest absolute Gasteiger partial charge is 0.155 e. The molecule has 0 bridgehead atoms. The summed E-state index contributed by atoms with van der Waals surface area (Å²) >= 11 is 0. The Bertz CT molecular complexity index is 492. The predicted octanol–water partition coefficient (Wildman–Crippen LogP) is 5.30. The van der Waals surface area contributed by atoms with E-state index in [9.17, 15) is 9.90 Å². The topological polar surface area (TPSA) is 37.3 Å². The van der Waals surface area contributed by atoms with Crippen molar-refractivity contribution < 1.29 is 9.90 Å². The molecule has 3 aliphatic rings. The standard InChI is InChI=1S/C22H36O2/c1-4-5-6-18(24)14-16-7-8-19-17(13-16)11-12-22(3)20(15(2)23)9-10-21(19)22/h14-15,17,19-21,23H,4-13H2,1-3H3/b16-14-/t15?,17-,19-,20-,21+,22-/m1/s1. The molecule has 0 heterocycles. The molecular formula is C22H36O2. The minimum atomic E-state index is -0.160. The van der Waals surface area contributed by atoms with Gasteiger partial charge >= 0.3 is 0 Å². The fourth-order valence-corrected chi connectivity index (χ4v) is 6.46. The van der Waals surface area contributed by atoms with Gasteiger partial charge in [0, 0.05) is 6.42 Å². The van der Waals surface area contributed by atoms with Crippen LogP contribution in [0.5, 0.6) is 0 Å². The molecule has 0 aliphatic heterocycles.